The quantitative estimate of drug-likeness (QED) is 0.351. The number of nitrogens with one attached hydrogen (secondary N) is 1. The summed E-state index contributed by atoms with van der Waals surface area (Å²) in [6, 6.07) is 16.6. The van der Waals surface area contributed by atoms with Gasteiger partial charge in [-0.1, -0.05) is 55.3 Å². The van der Waals surface area contributed by atoms with Gasteiger partial charge in [0, 0.05) is 24.2 Å². The Morgan fingerprint density at radius 3 is 2.40 bits per heavy atom. The summed E-state index contributed by atoms with van der Waals surface area (Å²) in [5, 5.41) is 13.9. The summed E-state index contributed by atoms with van der Waals surface area (Å²) in [7, 11) is 0. The monoisotopic (exact) mass is 472 g/mol. The molecule has 0 unspecified atom stereocenters. The lowest BCUT2D eigenvalue weighted by Gasteiger charge is -2.33. The van der Waals surface area contributed by atoms with E-state index in [1.165, 1.54) is 16.7 Å². The van der Waals surface area contributed by atoms with Crippen LogP contribution < -0.4 is 5.56 Å². The number of fused-ring (bicyclic) bond motifs is 1. The lowest BCUT2D eigenvalue weighted by atomic mass is 10.0. The fraction of sp³-hybridized carbons (Fsp3) is 0.429. The highest BCUT2D eigenvalue weighted by atomic mass is 16.1. The highest BCUT2D eigenvalue weighted by Crippen LogP contribution is 2.30. The van der Waals surface area contributed by atoms with Crippen molar-refractivity contribution in [2.75, 3.05) is 0 Å². The molecule has 35 heavy (non-hydrogen) atoms. The molecule has 0 aliphatic heterocycles. The first-order chi connectivity index (χ1) is 16.7. The zero-order valence-electron chi connectivity index (χ0n) is 21.7. The smallest absolute Gasteiger partial charge is 0.252 e. The number of benzene rings is 2. The first-order valence-electron chi connectivity index (χ1n) is 12.4. The number of hydrogen-bond donors (Lipinski definition) is 1. The Kier molecular flexibility index (Phi) is 7.17. The average Bonchev–Trinajstić information content (AvgIpc) is 3.32. The van der Waals surface area contributed by atoms with Gasteiger partial charge in [-0.05, 0) is 80.1 Å². The maximum Gasteiger partial charge on any atom is 0.252 e. The number of pyridine rings is 1. The Bertz CT molecular complexity index is 1350. The molecule has 0 bridgehead atoms. The molecular weight excluding hydrogens is 436 g/mol. The van der Waals surface area contributed by atoms with Crippen LogP contribution in [0.25, 0.3) is 10.9 Å². The first kappa shape index (κ1) is 24.8. The van der Waals surface area contributed by atoms with E-state index in [1.54, 1.807) is 0 Å². The van der Waals surface area contributed by atoms with Crippen molar-refractivity contribution >= 4 is 10.9 Å². The van der Waals surface area contributed by atoms with Crippen LogP contribution in [0.3, 0.4) is 0 Å². The van der Waals surface area contributed by atoms with Crippen LogP contribution in [0.4, 0.5) is 0 Å². The Balaban J connectivity index is 1.78. The molecule has 2 aromatic heterocycles. The van der Waals surface area contributed by atoms with Gasteiger partial charge in [0.2, 0.25) is 0 Å². The van der Waals surface area contributed by atoms with Crippen LogP contribution in [0.2, 0.25) is 0 Å². The van der Waals surface area contributed by atoms with Crippen LogP contribution >= 0.6 is 0 Å². The molecule has 0 fully saturated rings. The molecule has 0 aliphatic rings. The van der Waals surface area contributed by atoms with Crippen LogP contribution in [0.15, 0.2) is 53.3 Å². The van der Waals surface area contributed by atoms with Gasteiger partial charge in [0.25, 0.3) is 5.56 Å². The normalized spacial score (nSPS) is 13.0. The molecule has 1 atom stereocenters. The van der Waals surface area contributed by atoms with Crippen molar-refractivity contribution in [2.45, 2.75) is 79.1 Å². The van der Waals surface area contributed by atoms with E-state index in [0.717, 1.165) is 35.1 Å². The Morgan fingerprint density at radius 2 is 1.71 bits per heavy atom. The van der Waals surface area contributed by atoms with E-state index < -0.39 is 0 Å². The Labute approximate surface area is 207 Å². The number of tetrazole rings is 1. The second kappa shape index (κ2) is 10.1. The molecule has 0 radical (unpaired) electrons. The molecule has 2 heterocycles. The van der Waals surface area contributed by atoms with E-state index in [-0.39, 0.29) is 17.1 Å². The van der Waals surface area contributed by atoms with Crippen molar-refractivity contribution in [1.82, 2.24) is 30.1 Å². The van der Waals surface area contributed by atoms with Gasteiger partial charge in [0.15, 0.2) is 5.82 Å². The van der Waals surface area contributed by atoms with Crippen LogP contribution in [-0.2, 0) is 18.6 Å². The summed E-state index contributed by atoms with van der Waals surface area (Å²) in [6.45, 7) is 13.9. The topological polar surface area (TPSA) is 79.7 Å². The molecule has 0 spiro atoms. The van der Waals surface area contributed by atoms with E-state index in [4.69, 9.17) is 0 Å². The average molecular weight is 473 g/mol. The third-order valence-corrected chi connectivity index (χ3v) is 7.01. The summed E-state index contributed by atoms with van der Waals surface area (Å²) in [4.78, 5) is 18.5. The summed E-state index contributed by atoms with van der Waals surface area (Å²) in [5.41, 5.74) is 4.91. The molecule has 7 nitrogen and oxygen atoms in total. The highest BCUT2D eigenvalue weighted by Gasteiger charge is 2.31. The Morgan fingerprint density at radius 1 is 1.00 bits per heavy atom. The molecule has 184 valence electrons. The zero-order valence-corrected chi connectivity index (χ0v) is 21.7. The fourth-order valence-electron chi connectivity index (χ4n) is 4.50. The number of rotatable bonds is 9. The molecule has 0 saturated heterocycles. The maximum absolute atomic E-state index is 13.1. The third-order valence-electron chi connectivity index (χ3n) is 7.01. The number of aromatic nitrogens is 5. The van der Waals surface area contributed by atoms with Gasteiger partial charge in [0.1, 0.15) is 0 Å². The largest absolute Gasteiger partial charge is 0.322 e. The summed E-state index contributed by atoms with van der Waals surface area (Å²) >= 11 is 0. The van der Waals surface area contributed by atoms with E-state index in [2.05, 4.69) is 97.3 Å². The molecule has 0 saturated carbocycles. The molecule has 0 aliphatic carbocycles. The minimum atomic E-state index is -0.209. The van der Waals surface area contributed by atoms with Gasteiger partial charge in [-0.2, -0.15) is 0 Å². The van der Waals surface area contributed by atoms with Crippen molar-refractivity contribution in [3.05, 3.63) is 87.0 Å². The van der Waals surface area contributed by atoms with Crippen LogP contribution in [0.1, 0.15) is 74.7 Å². The van der Waals surface area contributed by atoms with Crippen LogP contribution in [-0.4, -0.2) is 30.1 Å². The molecule has 4 rings (SSSR count). The molecular formula is C28H36N6O. The second-order valence-corrected chi connectivity index (χ2v) is 10.1. The number of aryl methyl sites for hydroxylation is 2. The summed E-state index contributed by atoms with van der Waals surface area (Å²) in [6.07, 6.45) is 1.72. The van der Waals surface area contributed by atoms with Crippen molar-refractivity contribution < 1.29 is 0 Å². The lowest BCUT2D eigenvalue weighted by Crippen LogP contribution is -2.36. The van der Waals surface area contributed by atoms with Crippen molar-refractivity contribution in [3.8, 4) is 0 Å². The molecule has 7 heteroatoms. The third kappa shape index (κ3) is 5.35. The van der Waals surface area contributed by atoms with E-state index in [9.17, 15) is 4.79 Å². The van der Waals surface area contributed by atoms with Gasteiger partial charge >= 0.3 is 0 Å². The minimum absolute atomic E-state index is 0.0512. The van der Waals surface area contributed by atoms with Crippen LogP contribution in [0, 0.1) is 13.8 Å². The van der Waals surface area contributed by atoms with Crippen molar-refractivity contribution in [1.29, 1.82) is 0 Å². The fourth-order valence-corrected chi connectivity index (χ4v) is 4.50. The van der Waals surface area contributed by atoms with Gasteiger partial charge in [-0.3, -0.25) is 9.69 Å². The first-order valence-corrected chi connectivity index (χ1v) is 12.4. The standard InChI is InChI=1S/C28H36N6O/c1-7-25(26-30-31-32-34(26)28(5,6)8-2)33(17-21-12-9-19(3)10-13-21)18-23-16-22-15-20(4)11-14-24(22)29-27(23)35/h9-16,25H,7-8,17-18H2,1-6H3,(H,29,35)/t25-/m0/s1. The highest BCUT2D eigenvalue weighted by molar-refractivity contribution is 5.79. The number of hydrogen-bond acceptors (Lipinski definition) is 5. The lowest BCUT2D eigenvalue weighted by molar-refractivity contribution is 0.150. The van der Waals surface area contributed by atoms with E-state index in [0.29, 0.717) is 13.1 Å². The number of H-pyrrole nitrogens is 1. The van der Waals surface area contributed by atoms with Crippen molar-refractivity contribution in [2.24, 2.45) is 0 Å². The predicted octanol–water partition coefficient (Wildman–Crippen LogP) is 5.43. The second-order valence-electron chi connectivity index (χ2n) is 10.1. The van der Waals surface area contributed by atoms with Crippen LogP contribution in [0.5, 0.6) is 0 Å². The SMILES string of the molecule is CC[C@@H](c1nnnn1C(C)(C)CC)N(Cc1ccc(C)cc1)Cc1cc2cc(C)ccc2[nH]c1=O. The molecule has 2 aromatic carbocycles. The molecule has 4 aromatic rings. The predicted molar refractivity (Wildman–Crippen MR) is 140 cm³/mol. The van der Waals surface area contributed by atoms with Gasteiger partial charge in [-0.15, -0.1) is 5.10 Å². The summed E-state index contributed by atoms with van der Waals surface area (Å²) in [5.74, 6) is 0.833. The van der Waals surface area contributed by atoms with Gasteiger partial charge < -0.3 is 4.98 Å². The number of nitrogens with zero attached hydrogens (tertiary/aromatic N) is 5. The van der Waals surface area contributed by atoms with Crippen molar-refractivity contribution in [3.63, 3.8) is 0 Å². The van der Waals surface area contributed by atoms with E-state index >= 15 is 0 Å². The minimum Gasteiger partial charge on any atom is -0.322 e. The van der Waals surface area contributed by atoms with Gasteiger partial charge in [0.05, 0.1) is 11.6 Å². The molecule has 0 amide bonds. The molecule has 1 N–H and O–H groups in total. The summed E-state index contributed by atoms with van der Waals surface area (Å²) < 4.78 is 1.96. The number of aromatic amines is 1. The zero-order chi connectivity index (χ0) is 25.2. The maximum atomic E-state index is 13.1. The Hall–Kier alpha value is -3.32. The van der Waals surface area contributed by atoms with Gasteiger partial charge in [-0.25, -0.2) is 4.68 Å². The van der Waals surface area contributed by atoms with E-state index in [1.807, 2.05) is 22.9 Å².